The van der Waals surface area contributed by atoms with Crippen molar-refractivity contribution in [3.05, 3.63) is 41.1 Å². The van der Waals surface area contributed by atoms with E-state index in [2.05, 4.69) is 10.3 Å². The van der Waals surface area contributed by atoms with Crippen molar-refractivity contribution < 1.29 is 27.5 Å². The Balaban J connectivity index is 2.08. The number of carbonyl (C=O) groups is 2. The van der Waals surface area contributed by atoms with Crippen molar-refractivity contribution in [3.63, 3.8) is 0 Å². The van der Waals surface area contributed by atoms with E-state index >= 15 is 0 Å². The topological polar surface area (TPSA) is 93.8 Å². The number of alkyl halides is 3. The second kappa shape index (κ2) is 9.38. The third-order valence-electron chi connectivity index (χ3n) is 4.14. The number of halogens is 3. The summed E-state index contributed by atoms with van der Waals surface area (Å²) in [5.74, 6) is -1.03. The van der Waals surface area contributed by atoms with E-state index in [1.165, 1.54) is 6.07 Å². The molecule has 0 aromatic heterocycles. The fourth-order valence-corrected chi connectivity index (χ4v) is 2.83. The molecule has 1 aromatic rings. The number of aliphatic imine (C=N–C) groups is 1. The number of anilines is 1. The van der Waals surface area contributed by atoms with Crippen LogP contribution in [0.25, 0.3) is 0 Å². The molecule has 0 heterocycles. The van der Waals surface area contributed by atoms with Crippen molar-refractivity contribution in [2.75, 3.05) is 18.5 Å². The number of carbonyl (C=O) groups excluding carboxylic acids is 2. The van der Waals surface area contributed by atoms with Crippen LogP contribution in [0, 0.1) is 0 Å². The average Bonchev–Trinajstić information content (AvgIpc) is 2.65. The van der Waals surface area contributed by atoms with Crippen LogP contribution in [0.4, 0.5) is 18.9 Å². The normalized spacial score (nSPS) is 17.9. The van der Waals surface area contributed by atoms with Gasteiger partial charge in [0.05, 0.1) is 12.2 Å². The average molecular weight is 397 g/mol. The molecule has 1 saturated carbocycles. The minimum Gasteiger partial charge on any atom is -0.462 e. The van der Waals surface area contributed by atoms with Gasteiger partial charge < -0.3 is 15.8 Å². The molecule has 0 atom stereocenters. The molecule has 0 aliphatic heterocycles. The summed E-state index contributed by atoms with van der Waals surface area (Å²) in [6, 6.07) is 6.17. The number of nitrogens with zero attached hydrogens (tertiary/aromatic N) is 1. The van der Waals surface area contributed by atoms with E-state index in [9.17, 15) is 22.8 Å². The Morgan fingerprint density at radius 2 is 1.96 bits per heavy atom. The molecular formula is C19H22F3N3O3. The number of allylic oxidation sites excluding steroid dienone is 2. The maximum absolute atomic E-state index is 12.9. The second-order valence-corrected chi connectivity index (χ2v) is 6.21. The molecule has 28 heavy (non-hydrogen) atoms. The van der Waals surface area contributed by atoms with Crippen molar-refractivity contribution in [1.29, 1.82) is 0 Å². The first kappa shape index (κ1) is 21.5. The smallest absolute Gasteiger partial charge is 0.431 e. The summed E-state index contributed by atoms with van der Waals surface area (Å²) in [5, 5.41) is 2.57. The highest BCUT2D eigenvalue weighted by molar-refractivity contribution is 6.03. The first-order valence-electron chi connectivity index (χ1n) is 8.89. The van der Waals surface area contributed by atoms with Crippen LogP contribution >= 0.6 is 0 Å². The van der Waals surface area contributed by atoms with Crippen molar-refractivity contribution in [1.82, 2.24) is 0 Å². The van der Waals surface area contributed by atoms with E-state index in [1.807, 2.05) is 0 Å². The van der Waals surface area contributed by atoms with Gasteiger partial charge in [-0.25, -0.2) is 4.79 Å². The fourth-order valence-electron chi connectivity index (χ4n) is 2.83. The molecule has 152 valence electrons. The van der Waals surface area contributed by atoms with Gasteiger partial charge in [0.15, 0.2) is 0 Å². The van der Waals surface area contributed by atoms with Crippen molar-refractivity contribution in [2.45, 2.75) is 38.8 Å². The zero-order valence-electron chi connectivity index (χ0n) is 15.4. The lowest BCUT2D eigenvalue weighted by molar-refractivity contribution is -0.114. The number of nitrogens with two attached hydrogens (primary N) is 1. The van der Waals surface area contributed by atoms with E-state index in [0.717, 1.165) is 0 Å². The summed E-state index contributed by atoms with van der Waals surface area (Å²) in [7, 11) is 0. The number of nitrogens with one attached hydrogen (secondary N) is 1. The Hall–Kier alpha value is -2.84. The summed E-state index contributed by atoms with van der Waals surface area (Å²) in [5.41, 5.74) is 4.93. The number of hydrogen-bond donors (Lipinski definition) is 2. The molecule has 1 aromatic carbocycles. The highest BCUT2D eigenvalue weighted by atomic mass is 19.4. The molecule has 3 N–H and O–H groups in total. The van der Waals surface area contributed by atoms with Crippen LogP contribution in [0.2, 0.25) is 0 Å². The molecule has 2 rings (SSSR count). The monoisotopic (exact) mass is 397 g/mol. The molecule has 1 fully saturated rings. The predicted octanol–water partition coefficient (Wildman–Crippen LogP) is 3.59. The molecule has 1 amide bonds. The summed E-state index contributed by atoms with van der Waals surface area (Å²) in [6.45, 7) is 1.57. The van der Waals surface area contributed by atoms with Crippen molar-refractivity contribution >= 4 is 23.3 Å². The standard InChI is InChI=1S/C19H22F3N3O3/c1-2-28-18(27)12-6-5-7-13(10-12)25-16(26)11-24-15-9-4-3-8-14(15)17(23)19(20,21)22/h5-7,10H,2-4,8-9,11,23H2,1H3,(H,25,26). The molecule has 9 heteroatoms. The minimum absolute atomic E-state index is 0.0316. The van der Waals surface area contributed by atoms with Gasteiger partial charge in [-0.15, -0.1) is 0 Å². The summed E-state index contributed by atoms with van der Waals surface area (Å²) in [4.78, 5) is 27.9. The fraction of sp³-hybridized carbons (Fsp3) is 0.421. The van der Waals surface area contributed by atoms with Gasteiger partial charge >= 0.3 is 12.1 Å². The Bertz CT molecular complexity index is 801. The molecular weight excluding hydrogens is 375 g/mol. The molecule has 1 aliphatic carbocycles. The third kappa shape index (κ3) is 5.83. The van der Waals surface area contributed by atoms with Gasteiger partial charge in [-0.1, -0.05) is 6.07 Å². The van der Waals surface area contributed by atoms with Crippen LogP contribution in [0.1, 0.15) is 43.0 Å². The van der Waals surface area contributed by atoms with E-state index in [0.29, 0.717) is 24.9 Å². The molecule has 1 aliphatic rings. The van der Waals surface area contributed by atoms with Gasteiger partial charge in [0.25, 0.3) is 0 Å². The zero-order valence-corrected chi connectivity index (χ0v) is 15.4. The Kier molecular flexibility index (Phi) is 7.19. The quantitative estimate of drug-likeness (QED) is 0.743. The first-order chi connectivity index (χ1) is 13.2. The summed E-state index contributed by atoms with van der Waals surface area (Å²) >= 11 is 0. The molecule has 0 unspecified atom stereocenters. The number of benzene rings is 1. The van der Waals surface area contributed by atoms with Gasteiger partial charge in [0, 0.05) is 17.0 Å². The lowest BCUT2D eigenvalue weighted by Crippen LogP contribution is -2.27. The summed E-state index contributed by atoms with van der Waals surface area (Å²) in [6.07, 6.45) is -2.80. The van der Waals surface area contributed by atoms with Gasteiger partial charge in [0.1, 0.15) is 12.2 Å². The minimum atomic E-state index is -4.62. The largest absolute Gasteiger partial charge is 0.462 e. The lowest BCUT2D eigenvalue weighted by Gasteiger charge is -2.20. The van der Waals surface area contributed by atoms with Gasteiger partial charge in [0.2, 0.25) is 5.91 Å². The van der Waals surface area contributed by atoms with Crippen molar-refractivity contribution in [2.24, 2.45) is 10.7 Å². The predicted molar refractivity (Wildman–Crippen MR) is 99.1 cm³/mol. The van der Waals surface area contributed by atoms with Crippen molar-refractivity contribution in [3.8, 4) is 0 Å². The molecule has 0 radical (unpaired) electrons. The van der Waals surface area contributed by atoms with Crippen LogP contribution in [-0.4, -0.2) is 36.9 Å². The van der Waals surface area contributed by atoms with Crippen LogP contribution in [-0.2, 0) is 9.53 Å². The van der Waals surface area contributed by atoms with Crippen LogP contribution in [0.3, 0.4) is 0 Å². The number of ether oxygens (including phenoxy) is 1. The van der Waals surface area contributed by atoms with Gasteiger partial charge in [-0.05, 0) is 50.8 Å². The van der Waals surface area contributed by atoms with E-state index in [4.69, 9.17) is 10.5 Å². The number of hydrogen-bond acceptors (Lipinski definition) is 5. The SMILES string of the molecule is CCOC(=O)c1cccc(NC(=O)CN=C2CCCCC2=C(N)C(F)(F)F)c1. The first-order valence-corrected chi connectivity index (χ1v) is 8.89. The highest BCUT2D eigenvalue weighted by Gasteiger charge is 2.35. The van der Waals surface area contributed by atoms with Gasteiger partial charge in [-0.2, -0.15) is 13.2 Å². The Morgan fingerprint density at radius 3 is 2.64 bits per heavy atom. The number of amides is 1. The zero-order chi connectivity index (χ0) is 20.7. The number of rotatable bonds is 5. The molecule has 0 spiro atoms. The van der Waals surface area contributed by atoms with Crippen LogP contribution < -0.4 is 11.1 Å². The molecule has 0 bridgehead atoms. The third-order valence-corrected chi connectivity index (χ3v) is 4.14. The Morgan fingerprint density at radius 1 is 1.25 bits per heavy atom. The molecule has 6 nitrogen and oxygen atoms in total. The van der Waals surface area contributed by atoms with E-state index in [-0.39, 0.29) is 36.4 Å². The van der Waals surface area contributed by atoms with E-state index in [1.54, 1.807) is 25.1 Å². The number of esters is 1. The maximum Gasteiger partial charge on any atom is 0.431 e. The van der Waals surface area contributed by atoms with Gasteiger partial charge in [-0.3, -0.25) is 9.79 Å². The molecule has 0 saturated heterocycles. The van der Waals surface area contributed by atoms with Crippen LogP contribution in [0.15, 0.2) is 40.5 Å². The summed E-state index contributed by atoms with van der Waals surface area (Å²) < 4.78 is 43.6. The maximum atomic E-state index is 12.9. The van der Waals surface area contributed by atoms with E-state index < -0.39 is 23.7 Å². The lowest BCUT2D eigenvalue weighted by atomic mass is 9.91. The second-order valence-electron chi connectivity index (χ2n) is 6.21. The van der Waals surface area contributed by atoms with Crippen LogP contribution in [0.5, 0.6) is 0 Å². The highest BCUT2D eigenvalue weighted by Crippen LogP contribution is 2.30. The Labute approximate surface area is 160 Å².